The zero-order valence-corrected chi connectivity index (χ0v) is 11.8. The van der Waals surface area contributed by atoms with Crippen LogP contribution in [0.1, 0.15) is 79.1 Å². The van der Waals surface area contributed by atoms with Crippen LogP contribution in [0.3, 0.4) is 0 Å². The van der Waals surface area contributed by atoms with Crippen molar-refractivity contribution in [2.45, 2.75) is 85.2 Å². The molecular formula is C15H32O. The first-order chi connectivity index (χ1) is 7.60. The van der Waals surface area contributed by atoms with Crippen LogP contribution in [0.25, 0.3) is 0 Å². The van der Waals surface area contributed by atoms with Gasteiger partial charge in [-0.25, -0.2) is 0 Å². The molecule has 0 aromatic carbocycles. The van der Waals surface area contributed by atoms with Crippen LogP contribution in [0, 0.1) is 11.8 Å². The van der Waals surface area contributed by atoms with Gasteiger partial charge in [-0.3, -0.25) is 0 Å². The second-order valence-corrected chi connectivity index (χ2v) is 5.54. The molecule has 3 atom stereocenters. The number of rotatable bonds is 10. The Morgan fingerprint density at radius 3 is 1.81 bits per heavy atom. The van der Waals surface area contributed by atoms with E-state index >= 15 is 0 Å². The highest BCUT2D eigenvalue weighted by Crippen LogP contribution is 2.17. The van der Waals surface area contributed by atoms with E-state index in [9.17, 15) is 5.11 Å². The number of hydrogen-bond acceptors (Lipinski definition) is 1. The molecule has 1 nitrogen and oxygen atoms in total. The van der Waals surface area contributed by atoms with Gasteiger partial charge in [0.05, 0.1) is 6.10 Å². The van der Waals surface area contributed by atoms with E-state index in [-0.39, 0.29) is 6.10 Å². The summed E-state index contributed by atoms with van der Waals surface area (Å²) >= 11 is 0. The van der Waals surface area contributed by atoms with Gasteiger partial charge in [-0.05, 0) is 31.1 Å². The van der Waals surface area contributed by atoms with E-state index in [1.54, 1.807) is 0 Å². The predicted molar refractivity (Wildman–Crippen MR) is 72.6 cm³/mol. The molecule has 0 saturated heterocycles. The van der Waals surface area contributed by atoms with Crippen LogP contribution in [0.2, 0.25) is 0 Å². The van der Waals surface area contributed by atoms with E-state index in [1.165, 1.54) is 38.5 Å². The molecule has 0 heterocycles. The molecule has 0 aromatic rings. The van der Waals surface area contributed by atoms with E-state index in [0.717, 1.165) is 24.7 Å². The van der Waals surface area contributed by atoms with E-state index in [0.29, 0.717) is 0 Å². The monoisotopic (exact) mass is 228 g/mol. The average Bonchev–Trinajstić information content (AvgIpc) is 2.31. The van der Waals surface area contributed by atoms with Crippen LogP contribution >= 0.6 is 0 Å². The average molecular weight is 228 g/mol. The van der Waals surface area contributed by atoms with Crippen molar-refractivity contribution in [3.05, 3.63) is 0 Å². The maximum absolute atomic E-state index is 9.82. The molecule has 0 saturated carbocycles. The molecular weight excluding hydrogens is 196 g/mol. The van der Waals surface area contributed by atoms with E-state index < -0.39 is 0 Å². The smallest absolute Gasteiger partial charge is 0.0540 e. The van der Waals surface area contributed by atoms with Crippen molar-refractivity contribution in [3.63, 3.8) is 0 Å². The third-order valence-corrected chi connectivity index (χ3v) is 3.87. The van der Waals surface area contributed by atoms with Gasteiger partial charge < -0.3 is 5.11 Å². The van der Waals surface area contributed by atoms with Crippen LogP contribution < -0.4 is 0 Å². The van der Waals surface area contributed by atoms with Gasteiger partial charge >= 0.3 is 0 Å². The molecule has 0 spiro atoms. The van der Waals surface area contributed by atoms with Gasteiger partial charge in [0.2, 0.25) is 0 Å². The second-order valence-electron chi connectivity index (χ2n) is 5.54. The van der Waals surface area contributed by atoms with Gasteiger partial charge in [-0.15, -0.1) is 0 Å². The summed E-state index contributed by atoms with van der Waals surface area (Å²) in [5, 5.41) is 9.82. The highest BCUT2D eigenvalue weighted by Gasteiger charge is 2.07. The van der Waals surface area contributed by atoms with Gasteiger partial charge in [0.25, 0.3) is 0 Å². The molecule has 1 heteroatoms. The first-order valence-electron chi connectivity index (χ1n) is 7.28. The molecule has 0 aliphatic carbocycles. The first kappa shape index (κ1) is 16.0. The van der Waals surface area contributed by atoms with Gasteiger partial charge in [0.1, 0.15) is 0 Å². The summed E-state index contributed by atoms with van der Waals surface area (Å²) in [6.07, 6.45) is 9.48. The van der Waals surface area contributed by atoms with Crippen molar-refractivity contribution in [2.24, 2.45) is 11.8 Å². The van der Waals surface area contributed by atoms with Crippen LogP contribution in [-0.4, -0.2) is 11.2 Å². The van der Waals surface area contributed by atoms with Crippen molar-refractivity contribution in [3.8, 4) is 0 Å². The lowest BCUT2D eigenvalue weighted by atomic mass is 9.96. The second kappa shape index (κ2) is 10.1. The maximum Gasteiger partial charge on any atom is 0.0540 e. The molecule has 0 fully saturated rings. The lowest BCUT2D eigenvalue weighted by molar-refractivity contribution is 0.141. The third-order valence-electron chi connectivity index (χ3n) is 3.87. The molecule has 16 heavy (non-hydrogen) atoms. The van der Waals surface area contributed by atoms with E-state index in [4.69, 9.17) is 0 Å². The molecule has 0 bridgehead atoms. The summed E-state index contributed by atoms with van der Waals surface area (Å²) in [5.41, 5.74) is 0. The minimum atomic E-state index is -0.0501. The number of hydrogen-bond donors (Lipinski definition) is 1. The summed E-state index contributed by atoms with van der Waals surface area (Å²) in [5.74, 6) is 1.63. The fourth-order valence-electron chi connectivity index (χ4n) is 1.90. The van der Waals surface area contributed by atoms with Crippen molar-refractivity contribution in [1.29, 1.82) is 0 Å². The summed E-state index contributed by atoms with van der Waals surface area (Å²) in [7, 11) is 0. The Kier molecular flexibility index (Phi) is 10.1. The summed E-state index contributed by atoms with van der Waals surface area (Å²) in [4.78, 5) is 0. The quantitative estimate of drug-likeness (QED) is 0.533. The zero-order valence-electron chi connectivity index (χ0n) is 11.8. The molecule has 0 aliphatic heterocycles. The molecule has 1 N–H and O–H groups in total. The molecule has 0 aliphatic rings. The van der Waals surface area contributed by atoms with Crippen LogP contribution in [-0.2, 0) is 0 Å². The number of aliphatic hydroxyl groups is 1. The highest BCUT2D eigenvalue weighted by atomic mass is 16.3. The Bertz CT molecular complexity index is 144. The Hall–Kier alpha value is -0.0400. The standard InChI is InChI=1S/C15H32O/c1-5-13(3)9-7-8-10-15(16)12-11-14(4)6-2/h13-16H,5-12H2,1-4H3. The molecule has 3 unspecified atom stereocenters. The van der Waals surface area contributed by atoms with Crippen LogP contribution in [0.4, 0.5) is 0 Å². The van der Waals surface area contributed by atoms with Gasteiger partial charge in [0.15, 0.2) is 0 Å². The van der Waals surface area contributed by atoms with Crippen molar-refractivity contribution < 1.29 is 5.11 Å². The minimum Gasteiger partial charge on any atom is -0.393 e. The van der Waals surface area contributed by atoms with Gasteiger partial charge in [-0.2, -0.15) is 0 Å². The zero-order chi connectivity index (χ0) is 12.4. The Morgan fingerprint density at radius 1 is 0.750 bits per heavy atom. The fraction of sp³-hybridized carbons (Fsp3) is 1.00. The molecule has 0 amide bonds. The fourth-order valence-corrected chi connectivity index (χ4v) is 1.90. The highest BCUT2D eigenvalue weighted by molar-refractivity contribution is 4.60. The molecule has 0 radical (unpaired) electrons. The van der Waals surface area contributed by atoms with Crippen molar-refractivity contribution in [1.82, 2.24) is 0 Å². The Balaban J connectivity index is 3.33. The molecule has 98 valence electrons. The maximum atomic E-state index is 9.82. The summed E-state index contributed by atoms with van der Waals surface area (Å²) < 4.78 is 0. The van der Waals surface area contributed by atoms with E-state index in [1.807, 2.05) is 0 Å². The normalized spacial score (nSPS) is 17.1. The largest absolute Gasteiger partial charge is 0.393 e. The van der Waals surface area contributed by atoms with Gasteiger partial charge in [0, 0.05) is 0 Å². The molecule has 0 aromatic heterocycles. The number of unbranched alkanes of at least 4 members (excludes halogenated alkanes) is 1. The Morgan fingerprint density at radius 2 is 1.25 bits per heavy atom. The van der Waals surface area contributed by atoms with Gasteiger partial charge in [-0.1, -0.05) is 59.8 Å². The minimum absolute atomic E-state index is 0.0501. The molecule has 0 rings (SSSR count). The SMILES string of the molecule is CCC(C)CCCCC(O)CCC(C)CC. The summed E-state index contributed by atoms with van der Waals surface area (Å²) in [6.45, 7) is 9.07. The summed E-state index contributed by atoms with van der Waals surface area (Å²) in [6, 6.07) is 0. The first-order valence-corrected chi connectivity index (χ1v) is 7.28. The lowest BCUT2D eigenvalue weighted by Gasteiger charge is -2.14. The number of aliphatic hydroxyl groups excluding tert-OH is 1. The Labute approximate surface area is 103 Å². The lowest BCUT2D eigenvalue weighted by Crippen LogP contribution is -2.08. The van der Waals surface area contributed by atoms with Crippen molar-refractivity contribution in [2.75, 3.05) is 0 Å². The van der Waals surface area contributed by atoms with Crippen LogP contribution in [0.5, 0.6) is 0 Å². The predicted octanol–water partition coefficient (Wildman–Crippen LogP) is 4.78. The van der Waals surface area contributed by atoms with E-state index in [2.05, 4.69) is 27.7 Å². The van der Waals surface area contributed by atoms with Crippen molar-refractivity contribution >= 4 is 0 Å². The third kappa shape index (κ3) is 9.21. The topological polar surface area (TPSA) is 20.2 Å². The van der Waals surface area contributed by atoms with Crippen LogP contribution in [0.15, 0.2) is 0 Å².